The zero-order chi connectivity index (χ0) is 14.8. The molecule has 6 heteroatoms. The number of aryl methyl sites for hydroxylation is 1. The first-order valence-electron chi connectivity index (χ1n) is 7.97. The van der Waals surface area contributed by atoms with Crippen LogP contribution < -0.4 is 5.73 Å². The van der Waals surface area contributed by atoms with Gasteiger partial charge in [-0.05, 0) is 38.8 Å². The van der Waals surface area contributed by atoms with E-state index >= 15 is 0 Å². The van der Waals surface area contributed by atoms with Crippen molar-refractivity contribution in [3.8, 4) is 0 Å². The smallest absolute Gasteiger partial charge is 0.259 e. The molecular formula is C15H25N5O. The van der Waals surface area contributed by atoms with Crippen molar-refractivity contribution in [2.24, 2.45) is 7.05 Å². The predicted molar refractivity (Wildman–Crippen MR) is 82.0 cm³/mol. The lowest BCUT2D eigenvalue weighted by Crippen LogP contribution is -2.48. The standard InChI is InChI=1S/C15H25N5O/c1-18-14(16)13(11-17-18)15(21)20-9-5-12(6-10-20)19-7-3-2-4-8-19/h11-12H,2-10,16H2,1H3. The second-order valence-electron chi connectivity index (χ2n) is 6.19. The molecule has 21 heavy (non-hydrogen) atoms. The Bertz CT molecular complexity index is 498. The topological polar surface area (TPSA) is 67.4 Å². The first-order valence-corrected chi connectivity index (χ1v) is 7.97. The fraction of sp³-hybridized carbons (Fsp3) is 0.733. The van der Waals surface area contributed by atoms with Gasteiger partial charge in [0.1, 0.15) is 11.4 Å². The van der Waals surface area contributed by atoms with Crippen molar-refractivity contribution in [1.29, 1.82) is 0 Å². The quantitative estimate of drug-likeness (QED) is 0.886. The SMILES string of the molecule is Cn1ncc(C(=O)N2CCC(N3CCCCC3)CC2)c1N. The molecule has 2 fully saturated rings. The summed E-state index contributed by atoms with van der Waals surface area (Å²) in [7, 11) is 1.76. The molecule has 1 aromatic heterocycles. The molecule has 0 spiro atoms. The highest BCUT2D eigenvalue weighted by Gasteiger charge is 2.29. The summed E-state index contributed by atoms with van der Waals surface area (Å²) in [5, 5.41) is 4.06. The maximum Gasteiger partial charge on any atom is 0.259 e. The van der Waals surface area contributed by atoms with Crippen molar-refractivity contribution >= 4 is 11.7 Å². The highest BCUT2D eigenvalue weighted by Crippen LogP contribution is 2.22. The van der Waals surface area contributed by atoms with Crippen molar-refractivity contribution in [2.45, 2.75) is 38.1 Å². The molecular weight excluding hydrogens is 266 g/mol. The number of carbonyl (C=O) groups excluding carboxylic acids is 1. The Morgan fingerprint density at radius 2 is 1.86 bits per heavy atom. The summed E-state index contributed by atoms with van der Waals surface area (Å²) in [5.41, 5.74) is 6.44. The normalized spacial score (nSPS) is 21.7. The highest BCUT2D eigenvalue weighted by atomic mass is 16.2. The van der Waals surface area contributed by atoms with Gasteiger partial charge >= 0.3 is 0 Å². The Kier molecular flexibility index (Phi) is 4.14. The van der Waals surface area contributed by atoms with E-state index in [1.807, 2.05) is 4.90 Å². The van der Waals surface area contributed by atoms with Crippen LogP contribution in [0.25, 0.3) is 0 Å². The number of nitrogen functional groups attached to an aromatic ring is 1. The number of hydrogen-bond donors (Lipinski definition) is 1. The minimum Gasteiger partial charge on any atom is -0.383 e. The molecule has 2 aliphatic rings. The molecule has 1 amide bonds. The van der Waals surface area contributed by atoms with E-state index in [2.05, 4.69) is 10.00 Å². The van der Waals surface area contributed by atoms with E-state index in [-0.39, 0.29) is 5.91 Å². The van der Waals surface area contributed by atoms with Crippen molar-refractivity contribution in [2.75, 3.05) is 31.9 Å². The first-order chi connectivity index (χ1) is 10.2. The van der Waals surface area contributed by atoms with E-state index < -0.39 is 0 Å². The van der Waals surface area contributed by atoms with Crippen LogP contribution in [-0.2, 0) is 7.05 Å². The van der Waals surface area contributed by atoms with Crippen molar-refractivity contribution < 1.29 is 4.79 Å². The van der Waals surface area contributed by atoms with Crippen molar-refractivity contribution in [3.63, 3.8) is 0 Å². The van der Waals surface area contributed by atoms with E-state index in [4.69, 9.17) is 5.73 Å². The van der Waals surface area contributed by atoms with Gasteiger partial charge in [0.2, 0.25) is 0 Å². The summed E-state index contributed by atoms with van der Waals surface area (Å²) in [4.78, 5) is 17.0. The van der Waals surface area contributed by atoms with Gasteiger partial charge in [-0.15, -0.1) is 0 Å². The number of hydrogen-bond acceptors (Lipinski definition) is 4. The third-order valence-corrected chi connectivity index (χ3v) is 4.87. The molecule has 0 unspecified atom stereocenters. The van der Waals surface area contributed by atoms with E-state index in [1.54, 1.807) is 17.9 Å². The molecule has 0 aliphatic carbocycles. The molecule has 2 aliphatic heterocycles. The third kappa shape index (κ3) is 2.90. The Labute approximate surface area is 125 Å². The Morgan fingerprint density at radius 3 is 2.43 bits per heavy atom. The lowest BCUT2D eigenvalue weighted by molar-refractivity contribution is 0.0591. The molecule has 3 heterocycles. The number of nitrogens with zero attached hydrogens (tertiary/aromatic N) is 4. The number of rotatable bonds is 2. The number of likely N-dealkylation sites (tertiary alicyclic amines) is 2. The van der Waals surface area contributed by atoms with Gasteiger partial charge in [0.15, 0.2) is 0 Å². The molecule has 116 valence electrons. The number of aromatic nitrogens is 2. The van der Waals surface area contributed by atoms with Gasteiger partial charge in [-0.1, -0.05) is 6.42 Å². The number of amides is 1. The zero-order valence-corrected chi connectivity index (χ0v) is 12.8. The van der Waals surface area contributed by atoms with Gasteiger partial charge in [0, 0.05) is 26.2 Å². The van der Waals surface area contributed by atoms with Crippen molar-refractivity contribution in [1.82, 2.24) is 19.6 Å². The third-order valence-electron chi connectivity index (χ3n) is 4.87. The second-order valence-corrected chi connectivity index (χ2v) is 6.19. The zero-order valence-electron chi connectivity index (χ0n) is 12.8. The van der Waals surface area contributed by atoms with Crippen LogP contribution in [0.1, 0.15) is 42.5 Å². The maximum atomic E-state index is 12.5. The fourth-order valence-electron chi connectivity index (χ4n) is 3.50. The monoisotopic (exact) mass is 291 g/mol. The van der Waals surface area contributed by atoms with Crippen LogP contribution in [-0.4, -0.2) is 57.7 Å². The predicted octanol–water partition coefficient (Wildman–Crippen LogP) is 1.09. The van der Waals surface area contributed by atoms with E-state index in [0.29, 0.717) is 17.4 Å². The minimum atomic E-state index is 0.0256. The van der Waals surface area contributed by atoms with Crippen LogP contribution in [0, 0.1) is 0 Å². The fourth-order valence-corrected chi connectivity index (χ4v) is 3.50. The molecule has 0 atom stereocenters. The molecule has 2 N–H and O–H groups in total. The first kappa shape index (κ1) is 14.4. The van der Waals surface area contributed by atoms with E-state index in [9.17, 15) is 4.79 Å². The second kappa shape index (κ2) is 6.05. The Morgan fingerprint density at radius 1 is 1.19 bits per heavy atom. The molecule has 2 saturated heterocycles. The summed E-state index contributed by atoms with van der Waals surface area (Å²) >= 11 is 0. The highest BCUT2D eigenvalue weighted by molar-refractivity contribution is 5.98. The Balaban J connectivity index is 1.58. The molecule has 0 bridgehead atoms. The summed E-state index contributed by atoms with van der Waals surface area (Å²) < 4.78 is 1.55. The van der Waals surface area contributed by atoms with Crippen LogP contribution in [0.15, 0.2) is 6.20 Å². The summed E-state index contributed by atoms with van der Waals surface area (Å²) in [6, 6.07) is 0.653. The van der Waals surface area contributed by atoms with Gasteiger partial charge < -0.3 is 15.5 Å². The van der Waals surface area contributed by atoms with Crippen LogP contribution >= 0.6 is 0 Å². The van der Waals surface area contributed by atoms with Crippen LogP contribution in [0.4, 0.5) is 5.82 Å². The summed E-state index contributed by atoms with van der Waals surface area (Å²) in [6.45, 7) is 4.12. The van der Waals surface area contributed by atoms with Crippen LogP contribution in [0.3, 0.4) is 0 Å². The van der Waals surface area contributed by atoms with Gasteiger partial charge in [-0.25, -0.2) is 0 Å². The van der Waals surface area contributed by atoms with Crippen LogP contribution in [0.5, 0.6) is 0 Å². The summed E-state index contributed by atoms with van der Waals surface area (Å²) in [6.07, 6.45) is 7.75. The Hall–Kier alpha value is -1.56. The number of nitrogens with two attached hydrogens (primary N) is 1. The van der Waals surface area contributed by atoms with E-state index in [1.165, 1.54) is 32.4 Å². The van der Waals surface area contributed by atoms with Gasteiger partial charge in [0.05, 0.1) is 6.20 Å². The average molecular weight is 291 g/mol. The number of carbonyl (C=O) groups is 1. The van der Waals surface area contributed by atoms with Crippen LogP contribution in [0.2, 0.25) is 0 Å². The van der Waals surface area contributed by atoms with Gasteiger partial charge in [-0.2, -0.15) is 5.10 Å². The lowest BCUT2D eigenvalue weighted by Gasteiger charge is -2.40. The van der Waals surface area contributed by atoms with Gasteiger partial charge in [0.25, 0.3) is 5.91 Å². The molecule has 1 aromatic rings. The lowest BCUT2D eigenvalue weighted by atomic mass is 9.99. The number of piperidine rings is 2. The minimum absolute atomic E-state index is 0.0256. The van der Waals surface area contributed by atoms with Gasteiger partial charge in [-0.3, -0.25) is 9.48 Å². The number of anilines is 1. The molecule has 0 saturated carbocycles. The van der Waals surface area contributed by atoms with E-state index in [0.717, 1.165) is 25.9 Å². The largest absolute Gasteiger partial charge is 0.383 e. The van der Waals surface area contributed by atoms with Crippen molar-refractivity contribution in [3.05, 3.63) is 11.8 Å². The molecule has 0 radical (unpaired) electrons. The molecule has 6 nitrogen and oxygen atoms in total. The average Bonchev–Trinajstić information content (AvgIpc) is 2.87. The maximum absolute atomic E-state index is 12.5. The molecule has 0 aromatic carbocycles. The molecule has 3 rings (SSSR count). The summed E-state index contributed by atoms with van der Waals surface area (Å²) in [5.74, 6) is 0.482.